The highest BCUT2D eigenvalue weighted by molar-refractivity contribution is 9.10. The molecule has 0 amide bonds. The fourth-order valence-corrected chi connectivity index (χ4v) is 2.13. The van der Waals surface area contributed by atoms with Crippen LogP contribution in [0, 0.1) is 5.41 Å². The van der Waals surface area contributed by atoms with E-state index in [1.54, 1.807) is 0 Å². The number of hydrogen-bond donors (Lipinski definition) is 0. The molecule has 2 rings (SSSR count). The minimum atomic E-state index is 0.317. The van der Waals surface area contributed by atoms with E-state index in [1.807, 2.05) is 12.1 Å². The maximum absolute atomic E-state index is 5.78. The predicted octanol–water partition coefficient (Wildman–Crippen LogP) is 5.93. The van der Waals surface area contributed by atoms with Crippen LogP contribution < -0.4 is 4.74 Å². The van der Waals surface area contributed by atoms with Crippen LogP contribution >= 0.6 is 15.9 Å². The van der Waals surface area contributed by atoms with Gasteiger partial charge in [-0.1, -0.05) is 61.0 Å². The van der Waals surface area contributed by atoms with Crippen molar-refractivity contribution in [2.45, 2.75) is 27.2 Å². The minimum absolute atomic E-state index is 0.317. The quantitative estimate of drug-likeness (QED) is 0.674. The summed E-state index contributed by atoms with van der Waals surface area (Å²) in [5, 5.41) is 0. The molecule has 0 fully saturated rings. The van der Waals surface area contributed by atoms with Crippen molar-refractivity contribution in [1.29, 1.82) is 0 Å². The molecule has 0 N–H and O–H groups in total. The minimum Gasteiger partial charge on any atom is -0.494 e. The van der Waals surface area contributed by atoms with Gasteiger partial charge < -0.3 is 4.74 Å². The Hall–Kier alpha value is -1.28. The van der Waals surface area contributed by atoms with Crippen LogP contribution in [-0.4, -0.2) is 6.61 Å². The Morgan fingerprint density at radius 3 is 1.85 bits per heavy atom. The third-order valence-corrected chi connectivity index (χ3v) is 3.68. The van der Waals surface area contributed by atoms with Crippen LogP contribution in [0.5, 0.6) is 5.75 Å². The summed E-state index contributed by atoms with van der Waals surface area (Å²) >= 11 is 3.45. The van der Waals surface area contributed by atoms with Gasteiger partial charge in [0.15, 0.2) is 0 Å². The van der Waals surface area contributed by atoms with Gasteiger partial charge in [-0.3, -0.25) is 0 Å². The standard InChI is InChI=1S/C18H21BrO/c1-18(2,3)12-13-20-17-10-6-15(7-11-17)14-4-8-16(19)9-5-14/h4-11H,12-13H2,1-3H3. The summed E-state index contributed by atoms with van der Waals surface area (Å²) in [6.07, 6.45) is 1.06. The van der Waals surface area contributed by atoms with Gasteiger partial charge in [0.1, 0.15) is 5.75 Å². The Kier molecular flexibility index (Phi) is 4.87. The molecule has 2 aromatic rings. The lowest BCUT2D eigenvalue weighted by atomic mass is 9.93. The molecule has 2 aromatic carbocycles. The average Bonchev–Trinajstić information content (AvgIpc) is 2.39. The summed E-state index contributed by atoms with van der Waals surface area (Å²) in [4.78, 5) is 0. The normalized spacial score (nSPS) is 11.4. The maximum Gasteiger partial charge on any atom is 0.119 e. The summed E-state index contributed by atoms with van der Waals surface area (Å²) in [7, 11) is 0. The Morgan fingerprint density at radius 1 is 0.850 bits per heavy atom. The van der Waals surface area contributed by atoms with Gasteiger partial charge >= 0.3 is 0 Å². The zero-order valence-electron chi connectivity index (χ0n) is 12.3. The fourth-order valence-electron chi connectivity index (χ4n) is 1.86. The number of ether oxygens (including phenoxy) is 1. The highest BCUT2D eigenvalue weighted by Gasteiger charge is 2.09. The SMILES string of the molecule is CC(C)(C)CCOc1ccc(-c2ccc(Br)cc2)cc1. The van der Waals surface area contributed by atoms with Crippen LogP contribution in [0.4, 0.5) is 0 Å². The monoisotopic (exact) mass is 332 g/mol. The van der Waals surface area contributed by atoms with Crippen molar-refractivity contribution in [3.8, 4) is 16.9 Å². The maximum atomic E-state index is 5.78. The molecule has 0 atom stereocenters. The van der Waals surface area contributed by atoms with Crippen molar-refractivity contribution in [3.63, 3.8) is 0 Å². The van der Waals surface area contributed by atoms with Crippen LogP contribution in [0.2, 0.25) is 0 Å². The van der Waals surface area contributed by atoms with Gasteiger partial charge in [0.05, 0.1) is 6.61 Å². The Morgan fingerprint density at radius 2 is 1.35 bits per heavy atom. The van der Waals surface area contributed by atoms with E-state index in [4.69, 9.17) is 4.74 Å². The lowest BCUT2D eigenvalue weighted by molar-refractivity contribution is 0.243. The topological polar surface area (TPSA) is 9.23 Å². The zero-order chi connectivity index (χ0) is 14.6. The summed E-state index contributed by atoms with van der Waals surface area (Å²) in [5.41, 5.74) is 2.74. The summed E-state index contributed by atoms with van der Waals surface area (Å²) < 4.78 is 6.88. The van der Waals surface area contributed by atoms with Gasteiger partial charge in [-0.15, -0.1) is 0 Å². The summed E-state index contributed by atoms with van der Waals surface area (Å²) in [5.74, 6) is 0.940. The summed E-state index contributed by atoms with van der Waals surface area (Å²) in [6, 6.07) is 16.6. The number of hydrogen-bond acceptors (Lipinski definition) is 1. The van der Waals surface area contributed by atoms with Gasteiger partial charge in [-0.25, -0.2) is 0 Å². The second-order valence-electron chi connectivity index (χ2n) is 6.19. The van der Waals surface area contributed by atoms with E-state index in [0.717, 1.165) is 23.2 Å². The van der Waals surface area contributed by atoms with Gasteiger partial charge in [0.25, 0.3) is 0 Å². The van der Waals surface area contributed by atoms with Crippen LogP contribution in [0.3, 0.4) is 0 Å². The van der Waals surface area contributed by atoms with Crippen LogP contribution in [0.15, 0.2) is 53.0 Å². The first-order chi connectivity index (χ1) is 9.44. The molecule has 0 unspecified atom stereocenters. The van der Waals surface area contributed by atoms with Crippen LogP contribution in [0.1, 0.15) is 27.2 Å². The molecule has 0 aliphatic carbocycles. The van der Waals surface area contributed by atoms with E-state index >= 15 is 0 Å². The van der Waals surface area contributed by atoms with E-state index in [2.05, 4.69) is 73.1 Å². The van der Waals surface area contributed by atoms with Crippen molar-refractivity contribution in [3.05, 3.63) is 53.0 Å². The van der Waals surface area contributed by atoms with Gasteiger partial charge in [-0.2, -0.15) is 0 Å². The first kappa shape index (κ1) is 15.1. The highest BCUT2D eigenvalue weighted by Crippen LogP contribution is 2.25. The Bertz CT molecular complexity index is 535. The Labute approximate surface area is 130 Å². The number of halogens is 1. The van der Waals surface area contributed by atoms with E-state index in [9.17, 15) is 0 Å². The molecule has 0 spiro atoms. The van der Waals surface area contributed by atoms with Crippen LogP contribution in [-0.2, 0) is 0 Å². The third-order valence-electron chi connectivity index (χ3n) is 3.15. The second-order valence-corrected chi connectivity index (χ2v) is 7.11. The molecule has 0 heterocycles. The van der Waals surface area contributed by atoms with E-state index in [0.29, 0.717) is 5.41 Å². The number of benzene rings is 2. The van der Waals surface area contributed by atoms with Crippen molar-refractivity contribution in [2.75, 3.05) is 6.61 Å². The predicted molar refractivity (Wildman–Crippen MR) is 89.1 cm³/mol. The van der Waals surface area contributed by atoms with Gasteiger partial charge in [-0.05, 0) is 47.2 Å². The first-order valence-corrected chi connectivity index (χ1v) is 7.72. The molecule has 1 nitrogen and oxygen atoms in total. The third kappa shape index (κ3) is 4.68. The van der Waals surface area contributed by atoms with E-state index in [1.165, 1.54) is 11.1 Å². The van der Waals surface area contributed by atoms with Crippen molar-refractivity contribution in [2.24, 2.45) is 5.41 Å². The first-order valence-electron chi connectivity index (χ1n) is 6.93. The lowest BCUT2D eigenvalue weighted by Crippen LogP contribution is -2.10. The van der Waals surface area contributed by atoms with Gasteiger partial charge in [0, 0.05) is 4.47 Å². The molecule has 106 valence electrons. The average molecular weight is 333 g/mol. The van der Waals surface area contributed by atoms with E-state index in [-0.39, 0.29) is 0 Å². The Balaban J connectivity index is 1.98. The fraction of sp³-hybridized carbons (Fsp3) is 0.333. The van der Waals surface area contributed by atoms with Crippen molar-refractivity contribution < 1.29 is 4.74 Å². The molecule has 0 radical (unpaired) electrons. The lowest BCUT2D eigenvalue weighted by Gasteiger charge is -2.18. The molecule has 0 saturated carbocycles. The molecule has 0 aliphatic heterocycles. The molecular weight excluding hydrogens is 312 g/mol. The van der Waals surface area contributed by atoms with Crippen molar-refractivity contribution >= 4 is 15.9 Å². The van der Waals surface area contributed by atoms with E-state index < -0.39 is 0 Å². The summed E-state index contributed by atoms with van der Waals surface area (Å²) in [6.45, 7) is 7.45. The molecule has 0 aliphatic rings. The molecule has 20 heavy (non-hydrogen) atoms. The van der Waals surface area contributed by atoms with Gasteiger partial charge in [0.2, 0.25) is 0 Å². The zero-order valence-corrected chi connectivity index (χ0v) is 13.9. The molecule has 0 bridgehead atoms. The van der Waals surface area contributed by atoms with Crippen molar-refractivity contribution in [1.82, 2.24) is 0 Å². The smallest absolute Gasteiger partial charge is 0.119 e. The molecule has 0 saturated heterocycles. The number of rotatable bonds is 4. The molecular formula is C18H21BrO. The molecule has 0 aromatic heterocycles. The second kappa shape index (κ2) is 6.45. The highest BCUT2D eigenvalue weighted by atomic mass is 79.9. The largest absolute Gasteiger partial charge is 0.494 e. The molecule has 2 heteroatoms. The van der Waals surface area contributed by atoms with Crippen LogP contribution in [0.25, 0.3) is 11.1 Å².